The van der Waals surface area contributed by atoms with E-state index in [1.54, 1.807) is 0 Å². The maximum Gasteiger partial charge on any atom is 0.472 e. The van der Waals surface area contributed by atoms with Crippen LogP contribution in [0.3, 0.4) is 0 Å². The number of allylic oxidation sites excluding steroid dienone is 30. The molecule has 0 saturated heterocycles. The van der Waals surface area contributed by atoms with E-state index in [1.165, 1.54) is 70.6 Å². The van der Waals surface area contributed by atoms with Crippen LogP contribution in [-0.4, -0.2) is 95.9 Å². The maximum atomic E-state index is 13.0. The fourth-order valence-corrected chi connectivity index (χ4v) is 12.8. The second-order valence-electron chi connectivity index (χ2n) is 28.2. The third-order valence-corrected chi connectivity index (χ3v) is 19.5. The van der Waals surface area contributed by atoms with E-state index in [9.17, 15) is 43.5 Å². The first kappa shape index (κ1) is 106. The standard InChI is InChI=1S/C93H154O16P2/c1-4-7-10-13-16-19-22-25-28-30-32-34-36-38-40-41-42-43-44-45-47-49-50-52-54-56-59-61-64-67-70-73-76-79-91(96)103-82-88(94)83-105-110(99,100)106-84-89(95)85-107-111(101,102)108-87-90(109-93(98)81-78-75-72-69-66-63-58-27-24-21-18-15-12-9-6-3)86-104-92(97)80-77-74-71-68-65-62-60-57-55-53-51-48-46-39-37-35-33-31-29-26-23-20-17-14-11-8-5-2/h7-12,16-21,25-29,32-35,38-40,42-43,46,51,53,58,88-90,94-95H,4-6,13-15,22-24,30-31,36-37,41,44-45,47-50,52,54-57,59-87H2,1-3H3,(H,99,100)(H,101,102)/b10-7-,11-8-,12-9-,19-16-,20-17-,21-18-,28-25-,29-26-,34-32-,35-33-,40-38-,43-42-,46-39-,53-51-,58-27-. The number of rotatable bonds is 80. The summed E-state index contributed by atoms with van der Waals surface area (Å²) in [6.07, 6.45) is 109. The summed E-state index contributed by atoms with van der Waals surface area (Å²) < 4.78 is 61.3. The smallest absolute Gasteiger partial charge is 0.463 e. The molecule has 5 atom stereocenters. The molecule has 0 aromatic rings. The van der Waals surface area contributed by atoms with Crippen molar-refractivity contribution in [1.29, 1.82) is 0 Å². The zero-order valence-electron chi connectivity index (χ0n) is 69.3. The van der Waals surface area contributed by atoms with Gasteiger partial charge < -0.3 is 34.2 Å². The molecule has 5 unspecified atom stereocenters. The highest BCUT2D eigenvalue weighted by molar-refractivity contribution is 7.47. The third kappa shape index (κ3) is 85.4. The Labute approximate surface area is 675 Å². The number of carbonyl (C=O) groups is 3. The largest absolute Gasteiger partial charge is 0.472 e. The molecule has 0 radical (unpaired) electrons. The Morgan fingerprint density at radius 3 is 0.712 bits per heavy atom. The molecule has 0 heterocycles. The number of carbonyl (C=O) groups excluding carboxylic acids is 3. The van der Waals surface area contributed by atoms with Gasteiger partial charge in [-0.1, -0.05) is 338 Å². The molecule has 0 rings (SSSR count). The Bertz CT molecular complexity index is 2750. The Hall–Kier alpha value is -5.35. The summed E-state index contributed by atoms with van der Waals surface area (Å²) in [6.45, 7) is 2.32. The van der Waals surface area contributed by atoms with E-state index in [1.807, 2.05) is 0 Å². The lowest BCUT2D eigenvalue weighted by molar-refractivity contribution is -0.161. The van der Waals surface area contributed by atoms with Crippen molar-refractivity contribution in [3.05, 3.63) is 182 Å². The number of phosphoric ester groups is 2. The van der Waals surface area contributed by atoms with Crippen LogP contribution in [0.2, 0.25) is 0 Å². The van der Waals surface area contributed by atoms with E-state index >= 15 is 0 Å². The highest BCUT2D eigenvalue weighted by Gasteiger charge is 2.29. The quantitative estimate of drug-likeness (QED) is 0.0146. The summed E-state index contributed by atoms with van der Waals surface area (Å²) >= 11 is 0. The van der Waals surface area contributed by atoms with Gasteiger partial charge in [-0.05, 0) is 154 Å². The van der Waals surface area contributed by atoms with E-state index < -0.39 is 91.5 Å². The molecule has 18 heteroatoms. The number of hydrogen-bond acceptors (Lipinski definition) is 14. The molecular weight excluding hydrogens is 1430 g/mol. The van der Waals surface area contributed by atoms with Crippen LogP contribution in [0, 0.1) is 0 Å². The number of aliphatic hydroxyl groups excluding tert-OH is 2. The molecular formula is C93H154O16P2. The first-order chi connectivity index (χ1) is 54.2. The van der Waals surface area contributed by atoms with E-state index in [2.05, 4.69) is 203 Å². The minimum atomic E-state index is -4.95. The van der Waals surface area contributed by atoms with Crippen molar-refractivity contribution in [3.8, 4) is 0 Å². The number of unbranched alkanes of at least 4 members (excludes halogenated alkanes) is 27. The molecule has 16 nitrogen and oxygen atoms in total. The van der Waals surface area contributed by atoms with Crippen molar-refractivity contribution >= 4 is 33.6 Å². The number of aliphatic hydroxyl groups is 2. The Morgan fingerprint density at radius 2 is 0.450 bits per heavy atom. The minimum absolute atomic E-state index is 0.0779. The summed E-state index contributed by atoms with van der Waals surface area (Å²) in [6, 6.07) is 0. The lowest BCUT2D eigenvalue weighted by Crippen LogP contribution is -2.30. The van der Waals surface area contributed by atoms with Gasteiger partial charge in [0.2, 0.25) is 0 Å². The van der Waals surface area contributed by atoms with Crippen LogP contribution in [0.5, 0.6) is 0 Å². The number of hydrogen-bond donors (Lipinski definition) is 4. The van der Waals surface area contributed by atoms with Gasteiger partial charge in [0.1, 0.15) is 25.4 Å². The normalized spacial score (nSPS) is 14.8. The summed E-state index contributed by atoms with van der Waals surface area (Å²) in [5.41, 5.74) is 0. The van der Waals surface area contributed by atoms with Gasteiger partial charge >= 0.3 is 33.6 Å². The molecule has 0 amide bonds. The first-order valence-electron chi connectivity index (χ1n) is 43.1. The minimum Gasteiger partial charge on any atom is -0.463 e. The average Bonchev–Trinajstić information content (AvgIpc) is 0.902. The molecule has 0 fully saturated rings. The number of ether oxygens (including phenoxy) is 3. The van der Waals surface area contributed by atoms with E-state index in [0.717, 1.165) is 199 Å². The van der Waals surface area contributed by atoms with Crippen molar-refractivity contribution < 1.29 is 75.8 Å². The number of esters is 3. The molecule has 0 aromatic carbocycles. The van der Waals surface area contributed by atoms with Gasteiger partial charge in [0.15, 0.2) is 6.10 Å². The van der Waals surface area contributed by atoms with Gasteiger partial charge in [-0.2, -0.15) is 0 Å². The van der Waals surface area contributed by atoms with E-state index in [4.69, 9.17) is 32.3 Å². The summed E-state index contributed by atoms with van der Waals surface area (Å²) in [4.78, 5) is 58.8. The Morgan fingerprint density at radius 1 is 0.252 bits per heavy atom. The zero-order valence-corrected chi connectivity index (χ0v) is 71.1. The van der Waals surface area contributed by atoms with Crippen LogP contribution in [-0.2, 0) is 55.8 Å². The van der Waals surface area contributed by atoms with Crippen LogP contribution < -0.4 is 0 Å². The van der Waals surface area contributed by atoms with E-state index in [-0.39, 0.29) is 19.3 Å². The van der Waals surface area contributed by atoms with Gasteiger partial charge in [-0.15, -0.1) is 0 Å². The van der Waals surface area contributed by atoms with Crippen molar-refractivity contribution in [1.82, 2.24) is 0 Å². The molecule has 0 saturated carbocycles. The van der Waals surface area contributed by atoms with Gasteiger partial charge in [-0.25, -0.2) is 9.13 Å². The summed E-state index contributed by atoms with van der Waals surface area (Å²) in [7, 11) is -9.81. The lowest BCUT2D eigenvalue weighted by atomic mass is 10.0. The molecule has 0 bridgehead atoms. The monoisotopic (exact) mass is 1590 g/mol. The third-order valence-electron chi connectivity index (χ3n) is 17.6. The van der Waals surface area contributed by atoms with Gasteiger partial charge in [-0.3, -0.25) is 32.5 Å². The fraction of sp³-hybridized carbons (Fsp3) is 0.645. The Balaban J connectivity index is 4.51. The predicted molar refractivity (Wildman–Crippen MR) is 463 cm³/mol. The maximum absolute atomic E-state index is 13.0. The average molecular weight is 1590 g/mol. The Kier molecular flexibility index (Phi) is 80.0. The fourth-order valence-electron chi connectivity index (χ4n) is 11.2. The summed E-state index contributed by atoms with van der Waals surface area (Å²) in [5, 5.41) is 20.7. The zero-order chi connectivity index (χ0) is 80.8. The SMILES string of the molecule is CC/C=C\C/C=C\C/C=C\C/C=C\C/C=C\C/C=C\CCCCCCCCCCCCCCCCC(=O)OCC(O)COP(=O)(O)OCC(O)COP(=O)(O)OCC(COC(=O)CCCCCCCCCC/C=C\C/C=C\C/C=C\C/C=C\C/C=C\C/C=C\CC)OC(=O)CCCCCCC/C=C\C/C=C\C/C=C\CC. The van der Waals surface area contributed by atoms with Crippen LogP contribution in [0.25, 0.3) is 0 Å². The molecule has 632 valence electrons. The van der Waals surface area contributed by atoms with Crippen molar-refractivity contribution in [2.75, 3.05) is 39.6 Å². The van der Waals surface area contributed by atoms with Crippen LogP contribution in [0.15, 0.2) is 182 Å². The second-order valence-corrected chi connectivity index (χ2v) is 31.1. The highest BCUT2D eigenvalue weighted by Crippen LogP contribution is 2.45. The lowest BCUT2D eigenvalue weighted by Gasteiger charge is -2.21. The molecule has 0 aliphatic rings. The van der Waals surface area contributed by atoms with Gasteiger partial charge in [0.05, 0.1) is 26.4 Å². The molecule has 4 N–H and O–H groups in total. The predicted octanol–water partition coefficient (Wildman–Crippen LogP) is 26.1. The van der Waals surface area contributed by atoms with Crippen molar-refractivity contribution in [2.45, 2.75) is 347 Å². The summed E-state index contributed by atoms with van der Waals surface area (Å²) in [5.74, 6) is -1.61. The molecule has 111 heavy (non-hydrogen) atoms. The second kappa shape index (κ2) is 84.1. The highest BCUT2D eigenvalue weighted by atomic mass is 31.2. The van der Waals surface area contributed by atoms with Crippen molar-refractivity contribution in [3.63, 3.8) is 0 Å². The van der Waals surface area contributed by atoms with E-state index in [0.29, 0.717) is 19.3 Å². The molecule has 0 spiro atoms. The topological polar surface area (TPSA) is 231 Å². The van der Waals surface area contributed by atoms with Crippen LogP contribution in [0.1, 0.15) is 329 Å². The van der Waals surface area contributed by atoms with Gasteiger partial charge in [0, 0.05) is 19.3 Å². The van der Waals surface area contributed by atoms with Crippen molar-refractivity contribution in [2.24, 2.45) is 0 Å². The number of phosphoric acid groups is 2. The first-order valence-corrected chi connectivity index (χ1v) is 46.1. The molecule has 0 aliphatic heterocycles. The van der Waals surface area contributed by atoms with Crippen LogP contribution in [0.4, 0.5) is 0 Å². The van der Waals surface area contributed by atoms with Crippen LogP contribution >= 0.6 is 15.6 Å². The molecule has 0 aliphatic carbocycles. The molecule has 0 aromatic heterocycles. The van der Waals surface area contributed by atoms with Gasteiger partial charge in [0.25, 0.3) is 0 Å².